The first-order valence-corrected chi connectivity index (χ1v) is 6.78. The average Bonchev–Trinajstić information content (AvgIpc) is 2.74. The predicted octanol–water partition coefficient (Wildman–Crippen LogP) is 2.59. The van der Waals surface area contributed by atoms with Gasteiger partial charge in [-0.05, 0) is 35.7 Å². The summed E-state index contributed by atoms with van der Waals surface area (Å²) in [4.78, 5) is 0. The molecule has 0 aromatic carbocycles. The van der Waals surface area contributed by atoms with Crippen molar-refractivity contribution < 1.29 is 0 Å². The Kier molecular flexibility index (Phi) is 3.47. The molecule has 0 aliphatic carbocycles. The fourth-order valence-corrected chi connectivity index (χ4v) is 3.26. The van der Waals surface area contributed by atoms with Gasteiger partial charge in [0.15, 0.2) is 0 Å². The minimum Gasteiger partial charge on any atom is -0.313 e. The molecule has 1 N–H and O–H groups in total. The first-order valence-electron chi connectivity index (χ1n) is 4.01. The highest BCUT2D eigenvalue weighted by Crippen LogP contribution is 2.28. The molecule has 0 saturated carbocycles. The van der Waals surface area contributed by atoms with Gasteiger partial charge in [0.25, 0.3) is 0 Å². The molecule has 0 aliphatic rings. The van der Waals surface area contributed by atoms with Crippen LogP contribution in [0.5, 0.6) is 0 Å². The first kappa shape index (κ1) is 10.5. The number of hydrogen-bond donors (Lipinski definition) is 1. The van der Waals surface area contributed by atoms with E-state index in [-0.39, 0.29) is 0 Å². The van der Waals surface area contributed by atoms with Crippen molar-refractivity contribution >= 4 is 45.3 Å². The lowest BCUT2D eigenvalue weighted by molar-refractivity contribution is 0.795. The molecule has 2 aromatic heterocycles. The summed E-state index contributed by atoms with van der Waals surface area (Å²) in [6, 6.07) is 2.13. The normalized spacial score (nSPS) is 10.7. The summed E-state index contributed by atoms with van der Waals surface area (Å²) < 4.78 is 1.28. The van der Waals surface area contributed by atoms with Crippen molar-refractivity contribution in [2.45, 2.75) is 6.54 Å². The Bertz CT molecular complexity index is 424. The van der Waals surface area contributed by atoms with Crippen LogP contribution in [0.1, 0.15) is 5.01 Å². The van der Waals surface area contributed by atoms with Gasteiger partial charge in [-0.2, -0.15) is 0 Å². The lowest BCUT2D eigenvalue weighted by Gasteiger charge is -1.88. The highest BCUT2D eigenvalue weighted by molar-refractivity contribution is 14.1. The quantitative estimate of drug-likeness (QED) is 0.875. The van der Waals surface area contributed by atoms with E-state index in [9.17, 15) is 0 Å². The van der Waals surface area contributed by atoms with Crippen LogP contribution in [-0.2, 0) is 6.54 Å². The molecule has 0 spiro atoms. The van der Waals surface area contributed by atoms with Gasteiger partial charge in [-0.1, -0.05) is 11.3 Å². The predicted molar refractivity (Wildman–Crippen MR) is 68.7 cm³/mol. The van der Waals surface area contributed by atoms with Crippen LogP contribution in [-0.4, -0.2) is 17.2 Å². The molecule has 0 amide bonds. The Balaban J connectivity index is 2.24. The van der Waals surface area contributed by atoms with Gasteiger partial charge in [-0.25, -0.2) is 0 Å². The molecule has 2 heterocycles. The average molecular weight is 337 g/mol. The Hall–Kier alpha value is -0.0500. The SMILES string of the molecule is CNCc1nnc(-c2csc(I)c2)s1. The van der Waals surface area contributed by atoms with Gasteiger partial charge in [0.1, 0.15) is 10.0 Å². The highest BCUT2D eigenvalue weighted by Gasteiger charge is 2.07. The summed E-state index contributed by atoms with van der Waals surface area (Å²) in [6.45, 7) is 0.791. The zero-order valence-corrected chi connectivity index (χ0v) is 11.2. The second kappa shape index (κ2) is 4.65. The van der Waals surface area contributed by atoms with Crippen molar-refractivity contribution in [1.29, 1.82) is 0 Å². The van der Waals surface area contributed by atoms with Gasteiger partial charge < -0.3 is 5.32 Å². The van der Waals surface area contributed by atoms with E-state index in [2.05, 4.69) is 49.6 Å². The number of rotatable bonds is 3. The molecule has 2 aromatic rings. The monoisotopic (exact) mass is 337 g/mol. The third kappa shape index (κ3) is 2.30. The summed E-state index contributed by atoms with van der Waals surface area (Å²) in [5.41, 5.74) is 1.18. The highest BCUT2D eigenvalue weighted by atomic mass is 127. The Morgan fingerprint density at radius 3 is 3.00 bits per heavy atom. The van der Waals surface area contributed by atoms with E-state index in [0.29, 0.717) is 0 Å². The fourth-order valence-electron chi connectivity index (χ4n) is 1.02. The lowest BCUT2D eigenvalue weighted by atomic mass is 10.4. The maximum absolute atomic E-state index is 4.15. The molecule has 0 atom stereocenters. The summed E-state index contributed by atoms with van der Waals surface area (Å²) in [5.74, 6) is 0. The molecular formula is C8H8IN3S2. The van der Waals surface area contributed by atoms with Crippen LogP contribution in [0.25, 0.3) is 10.6 Å². The third-order valence-corrected chi connectivity index (χ3v) is 4.37. The van der Waals surface area contributed by atoms with Gasteiger partial charge in [0.05, 0.1) is 2.88 Å². The Morgan fingerprint density at radius 1 is 1.50 bits per heavy atom. The molecule has 3 nitrogen and oxygen atoms in total. The number of thiophene rings is 1. The van der Waals surface area contributed by atoms with Crippen LogP contribution in [0.3, 0.4) is 0 Å². The molecule has 74 valence electrons. The second-order valence-electron chi connectivity index (χ2n) is 2.67. The van der Waals surface area contributed by atoms with Gasteiger partial charge in [-0.3, -0.25) is 0 Å². The zero-order chi connectivity index (χ0) is 9.97. The van der Waals surface area contributed by atoms with Crippen molar-refractivity contribution in [3.05, 3.63) is 19.3 Å². The fraction of sp³-hybridized carbons (Fsp3) is 0.250. The topological polar surface area (TPSA) is 37.8 Å². The number of nitrogens with one attached hydrogen (secondary N) is 1. The van der Waals surface area contributed by atoms with E-state index in [1.54, 1.807) is 22.7 Å². The molecule has 0 bridgehead atoms. The van der Waals surface area contributed by atoms with Crippen molar-refractivity contribution in [3.8, 4) is 10.6 Å². The van der Waals surface area contributed by atoms with Gasteiger partial charge in [0.2, 0.25) is 0 Å². The van der Waals surface area contributed by atoms with Gasteiger partial charge in [0, 0.05) is 17.5 Å². The maximum atomic E-state index is 4.15. The number of hydrogen-bond acceptors (Lipinski definition) is 5. The van der Waals surface area contributed by atoms with Crippen LogP contribution in [0.2, 0.25) is 0 Å². The van der Waals surface area contributed by atoms with Gasteiger partial charge >= 0.3 is 0 Å². The molecule has 0 saturated heterocycles. The molecule has 0 radical (unpaired) electrons. The summed E-state index contributed by atoms with van der Waals surface area (Å²) in [5, 5.41) is 15.5. The Labute approximate surface area is 104 Å². The van der Waals surface area contributed by atoms with Crippen molar-refractivity contribution in [3.63, 3.8) is 0 Å². The molecular weight excluding hydrogens is 329 g/mol. The number of nitrogens with zero attached hydrogens (tertiary/aromatic N) is 2. The molecule has 0 fully saturated rings. The lowest BCUT2D eigenvalue weighted by Crippen LogP contribution is -2.04. The molecule has 14 heavy (non-hydrogen) atoms. The van der Waals surface area contributed by atoms with E-state index >= 15 is 0 Å². The van der Waals surface area contributed by atoms with E-state index in [1.807, 2.05) is 7.05 Å². The zero-order valence-electron chi connectivity index (χ0n) is 7.45. The van der Waals surface area contributed by atoms with Crippen molar-refractivity contribution in [2.24, 2.45) is 0 Å². The summed E-state index contributed by atoms with van der Waals surface area (Å²) in [7, 11) is 1.91. The largest absolute Gasteiger partial charge is 0.313 e. The van der Waals surface area contributed by atoms with Crippen LogP contribution >= 0.6 is 45.3 Å². The molecule has 0 unspecified atom stereocenters. The molecule has 0 aliphatic heterocycles. The smallest absolute Gasteiger partial charge is 0.148 e. The first-order chi connectivity index (χ1) is 6.79. The number of aromatic nitrogens is 2. The number of halogens is 1. The Morgan fingerprint density at radius 2 is 2.36 bits per heavy atom. The third-order valence-electron chi connectivity index (χ3n) is 1.61. The van der Waals surface area contributed by atoms with Crippen LogP contribution < -0.4 is 5.32 Å². The van der Waals surface area contributed by atoms with Gasteiger partial charge in [-0.15, -0.1) is 21.5 Å². The summed E-state index contributed by atoms with van der Waals surface area (Å²) >= 11 is 5.69. The van der Waals surface area contributed by atoms with Crippen molar-refractivity contribution in [1.82, 2.24) is 15.5 Å². The van der Waals surface area contributed by atoms with E-state index < -0.39 is 0 Å². The van der Waals surface area contributed by atoms with Crippen LogP contribution in [0.4, 0.5) is 0 Å². The van der Waals surface area contributed by atoms with Crippen LogP contribution in [0, 0.1) is 2.88 Å². The maximum Gasteiger partial charge on any atom is 0.148 e. The summed E-state index contributed by atoms with van der Waals surface area (Å²) in [6.07, 6.45) is 0. The standard InChI is InChI=1S/C8H8IN3S2/c1-10-3-7-11-12-8(14-7)5-2-6(9)13-4-5/h2,4,10H,3H2,1H3. The van der Waals surface area contributed by atoms with E-state index in [0.717, 1.165) is 16.6 Å². The van der Waals surface area contributed by atoms with Crippen molar-refractivity contribution in [2.75, 3.05) is 7.05 Å². The second-order valence-corrected chi connectivity index (χ2v) is 6.54. The van der Waals surface area contributed by atoms with E-state index in [4.69, 9.17) is 0 Å². The minimum atomic E-state index is 0.791. The van der Waals surface area contributed by atoms with Crippen LogP contribution in [0.15, 0.2) is 11.4 Å². The van der Waals surface area contributed by atoms with E-state index in [1.165, 1.54) is 8.45 Å². The molecule has 2 rings (SSSR count). The minimum absolute atomic E-state index is 0.791. The molecule has 6 heteroatoms.